The molecule has 166 valence electrons. The molecule has 2 N–H and O–H groups in total. The largest absolute Gasteiger partial charge is 0.417 e. The van der Waals surface area contributed by atoms with Crippen molar-refractivity contribution in [3.05, 3.63) is 59.9 Å². The lowest BCUT2D eigenvalue weighted by molar-refractivity contribution is -0.137. The number of benzene rings is 2. The van der Waals surface area contributed by atoms with E-state index in [1.54, 1.807) is 18.2 Å². The molecule has 2 heterocycles. The van der Waals surface area contributed by atoms with Gasteiger partial charge in [-0.05, 0) is 41.9 Å². The van der Waals surface area contributed by atoms with Crippen LogP contribution in [0.2, 0.25) is 0 Å². The Kier molecular flexibility index (Phi) is 6.58. The minimum absolute atomic E-state index is 0.0159. The van der Waals surface area contributed by atoms with E-state index in [0.717, 1.165) is 18.3 Å². The molecule has 1 fully saturated rings. The van der Waals surface area contributed by atoms with Gasteiger partial charge in [-0.1, -0.05) is 52.9 Å². The normalized spacial score (nSPS) is 13.5. The number of hydrogen-bond donors (Lipinski definition) is 2. The van der Waals surface area contributed by atoms with Gasteiger partial charge in [0, 0.05) is 17.4 Å². The molecule has 0 unspecified atom stereocenters. The summed E-state index contributed by atoms with van der Waals surface area (Å²) in [5.74, 6) is 2.09. The summed E-state index contributed by atoms with van der Waals surface area (Å²) in [6.45, 7) is 0. The van der Waals surface area contributed by atoms with Crippen molar-refractivity contribution in [3.63, 3.8) is 0 Å². The molecule has 0 saturated heterocycles. The molecule has 32 heavy (non-hydrogen) atoms. The highest BCUT2D eigenvalue weighted by Crippen LogP contribution is 2.37. The van der Waals surface area contributed by atoms with Gasteiger partial charge in [0.05, 0.1) is 11.1 Å². The van der Waals surface area contributed by atoms with Gasteiger partial charge in [0.25, 0.3) is 0 Å². The van der Waals surface area contributed by atoms with Crippen molar-refractivity contribution in [2.45, 2.75) is 25.4 Å². The van der Waals surface area contributed by atoms with E-state index < -0.39 is 11.7 Å². The highest BCUT2D eigenvalue weighted by Gasteiger charge is 2.34. The molecule has 0 spiro atoms. The van der Waals surface area contributed by atoms with Gasteiger partial charge < -0.3 is 5.32 Å². The maximum absolute atomic E-state index is 13.5. The second kappa shape index (κ2) is 9.39. The number of alkyl halides is 4. The number of aromatic amines is 1. The minimum Gasteiger partial charge on any atom is -0.307 e. The number of halogens is 4. The number of nitrogens with zero attached hydrogens (tertiary/aromatic N) is 4. The van der Waals surface area contributed by atoms with E-state index >= 15 is 0 Å². The average Bonchev–Trinajstić information content (AvgIpc) is 3.51. The number of rotatable bonds is 5. The summed E-state index contributed by atoms with van der Waals surface area (Å²) >= 11 is 2.15. The highest BCUT2D eigenvalue weighted by molar-refractivity contribution is 14.1. The van der Waals surface area contributed by atoms with Crippen LogP contribution in [0, 0.1) is 5.92 Å². The number of nitrogens with one attached hydrogen (secondary N) is 2. The molecule has 2 aromatic heterocycles. The Balaban J connectivity index is 0.00000119. The first-order valence-corrected chi connectivity index (χ1v) is 12.1. The van der Waals surface area contributed by atoms with E-state index in [4.69, 9.17) is 0 Å². The fourth-order valence-electron chi connectivity index (χ4n) is 3.36. The van der Waals surface area contributed by atoms with E-state index in [2.05, 4.69) is 53.1 Å². The third kappa shape index (κ3) is 5.00. The third-order valence-electron chi connectivity index (χ3n) is 5.02. The van der Waals surface area contributed by atoms with Gasteiger partial charge >= 0.3 is 6.18 Å². The van der Waals surface area contributed by atoms with Crippen LogP contribution in [0.1, 0.15) is 24.2 Å². The molecule has 10 heteroatoms. The van der Waals surface area contributed by atoms with Crippen molar-refractivity contribution in [2.75, 3.05) is 10.2 Å². The Morgan fingerprint density at radius 2 is 1.72 bits per heavy atom. The first-order valence-electron chi connectivity index (χ1n) is 9.97. The standard InChI is InChI=1S/C21H17F3N6.CH3I/c22-21(23,24)15-7-3-1-5-13(15)18-25-16-8-4-2-6-14(16)19(27-18)28-20-26-17(29-30-20)11-12-9-10-12;1-2/h1-8,12H,9-11H2,(H2,25,26,27,28,29,30);1H3. The number of hydrogen-bond acceptors (Lipinski definition) is 5. The van der Waals surface area contributed by atoms with E-state index in [9.17, 15) is 13.2 Å². The highest BCUT2D eigenvalue weighted by atomic mass is 127. The molecule has 4 aromatic rings. The van der Waals surface area contributed by atoms with Gasteiger partial charge in [0.15, 0.2) is 5.82 Å². The van der Waals surface area contributed by atoms with Crippen LogP contribution in [0.15, 0.2) is 48.5 Å². The van der Waals surface area contributed by atoms with Crippen LogP contribution >= 0.6 is 22.6 Å². The lowest BCUT2D eigenvalue weighted by Crippen LogP contribution is -2.09. The van der Waals surface area contributed by atoms with Crippen molar-refractivity contribution in [2.24, 2.45) is 5.92 Å². The van der Waals surface area contributed by atoms with Crippen molar-refractivity contribution in [1.29, 1.82) is 0 Å². The maximum atomic E-state index is 13.5. The molecule has 0 aliphatic heterocycles. The summed E-state index contributed by atoms with van der Waals surface area (Å²) in [6.07, 6.45) is -1.28. The van der Waals surface area contributed by atoms with Crippen molar-refractivity contribution >= 4 is 45.3 Å². The molecule has 2 aromatic carbocycles. The maximum Gasteiger partial charge on any atom is 0.417 e. The van der Waals surface area contributed by atoms with Crippen molar-refractivity contribution in [1.82, 2.24) is 25.1 Å². The number of aromatic nitrogens is 5. The molecule has 0 amide bonds. The summed E-state index contributed by atoms with van der Waals surface area (Å²) in [4.78, 5) is 15.2. The predicted octanol–water partition coefficient (Wildman–Crippen LogP) is 6.18. The summed E-state index contributed by atoms with van der Waals surface area (Å²) in [6, 6.07) is 12.4. The molecule has 0 atom stereocenters. The Labute approximate surface area is 196 Å². The lowest BCUT2D eigenvalue weighted by atomic mass is 10.1. The molecule has 1 aliphatic rings. The second-order valence-electron chi connectivity index (χ2n) is 7.33. The molecule has 1 aliphatic carbocycles. The number of anilines is 2. The summed E-state index contributed by atoms with van der Waals surface area (Å²) in [5, 5.41) is 10.8. The van der Waals surface area contributed by atoms with Gasteiger partial charge in [0.2, 0.25) is 5.95 Å². The SMILES string of the molecule is CI.FC(F)(F)c1ccccc1-c1nc(Nc2n[nH]c(CC3CC3)n2)c2ccccc2n1. The first-order chi connectivity index (χ1) is 15.5. The number of para-hydroxylation sites is 1. The molecule has 5 rings (SSSR count). The molecular formula is C22H20F3IN6. The smallest absolute Gasteiger partial charge is 0.307 e. The quantitative estimate of drug-likeness (QED) is 0.228. The molecule has 0 radical (unpaired) electrons. The monoisotopic (exact) mass is 552 g/mol. The van der Waals surface area contributed by atoms with Crippen LogP contribution in [-0.2, 0) is 12.6 Å². The average molecular weight is 552 g/mol. The Hall–Kier alpha value is -2.76. The van der Waals surface area contributed by atoms with E-state index in [0.29, 0.717) is 28.6 Å². The van der Waals surface area contributed by atoms with Crippen LogP contribution in [0.4, 0.5) is 24.9 Å². The van der Waals surface area contributed by atoms with Crippen LogP contribution in [0.25, 0.3) is 22.3 Å². The van der Waals surface area contributed by atoms with Crippen molar-refractivity contribution in [3.8, 4) is 11.4 Å². The minimum atomic E-state index is -4.51. The zero-order valence-corrected chi connectivity index (χ0v) is 19.3. The van der Waals surface area contributed by atoms with Crippen molar-refractivity contribution < 1.29 is 13.2 Å². The Morgan fingerprint density at radius 1 is 1.00 bits per heavy atom. The summed E-state index contributed by atoms with van der Waals surface area (Å²) < 4.78 is 40.5. The molecular weight excluding hydrogens is 532 g/mol. The lowest BCUT2D eigenvalue weighted by Gasteiger charge is -2.13. The third-order valence-corrected chi connectivity index (χ3v) is 5.02. The topological polar surface area (TPSA) is 79.4 Å². The van der Waals surface area contributed by atoms with Crippen LogP contribution in [-0.4, -0.2) is 30.1 Å². The fraction of sp³-hybridized carbons (Fsp3) is 0.273. The fourth-order valence-corrected chi connectivity index (χ4v) is 3.36. The molecule has 0 bridgehead atoms. The van der Waals surface area contributed by atoms with E-state index in [-0.39, 0.29) is 11.4 Å². The second-order valence-corrected chi connectivity index (χ2v) is 7.33. The summed E-state index contributed by atoms with van der Waals surface area (Å²) in [5.41, 5.74) is -0.338. The Morgan fingerprint density at radius 3 is 2.47 bits per heavy atom. The van der Waals surface area contributed by atoms with Gasteiger partial charge in [0.1, 0.15) is 11.6 Å². The van der Waals surface area contributed by atoms with E-state index in [1.807, 2.05) is 11.0 Å². The summed E-state index contributed by atoms with van der Waals surface area (Å²) in [7, 11) is 0. The van der Waals surface area contributed by atoms with Gasteiger partial charge in [-0.15, -0.1) is 5.10 Å². The van der Waals surface area contributed by atoms with Gasteiger partial charge in [-0.25, -0.2) is 9.97 Å². The Bertz CT molecular complexity index is 1220. The van der Waals surface area contributed by atoms with Crippen LogP contribution < -0.4 is 5.32 Å². The molecule has 6 nitrogen and oxygen atoms in total. The van der Waals surface area contributed by atoms with Crippen LogP contribution in [0.3, 0.4) is 0 Å². The predicted molar refractivity (Wildman–Crippen MR) is 126 cm³/mol. The van der Waals surface area contributed by atoms with Gasteiger partial charge in [-0.2, -0.15) is 18.2 Å². The number of fused-ring (bicyclic) bond motifs is 1. The van der Waals surface area contributed by atoms with E-state index in [1.165, 1.54) is 31.0 Å². The number of H-pyrrole nitrogens is 1. The molecule has 1 saturated carbocycles. The zero-order chi connectivity index (χ0) is 22.7. The first kappa shape index (κ1) is 22.4. The zero-order valence-electron chi connectivity index (χ0n) is 17.1. The van der Waals surface area contributed by atoms with Crippen LogP contribution in [0.5, 0.6) is 0 Å². The van der Waals surface area contributed by atoms with Gasteiger partial charge in [-0.3, -0.25) is 5.10 Å².